The van der Waals surface area contributed by atoms with Crippen molar-refractivity contribution in [2.24, 2.45) is 0 Å². The molecule has 1 saturated heterocycles. The summed E-state index contributed by atoms with van der Waals surface area (Å²) >= 11 is 4.98. The van der Waals surface area contributed by atoms with Gasteiger partial charge in [-0.05, 0) is 44.0 Å². The van der Waals surface area contributed by atoms with E-state index in [9.17, 15) is 9.59 Å². The van der Waals surface area contributed by atoms with Crippen LogP contribution in [-0.2, 0) is 16.0 Å². The summed E-state index contributed by atoms with van der Waals surface area (Å²) in [6.45, 7) is 8.27. The molecule has 0 saturated carbocycles. The molecule has 1 radical (unpaired) electrons. The Kier molecular flexibility index (Phi) is 4.45. The smallest absolute Gasteiger partial charge is 0.414 e. The van der Waals surface area contributed by atoms with Crippen molar-refractivity contribution in [1.29, 1.82) is 0 Å². The molecule has 24 heavy (non-hydrogen) atoms. The molecule has 1 fully saturated rings. The Labute approximate surface area is 146 Å². The van der Waals surface area contributed by atoms with E-state index in [0.717, 1.165) is 23.4 Å². The van der Waals surface area contributed by atoms with Gasteiger partial charge in [-0.25, -0.2) is 4.79 Å². The number of carbonyl (C=O) groups excluding carboxylic acids is 2. The molecule has 2 aliphatic rings. The third-order valence-corrected chi connectivity index (χ3v) is 4.46. The molecule has 0 unspecified atom stereocenters. The molecule has 2 heterocycles. The van der Waals surface area contributed by atoms with Gasteiger partial charge in [0.25, 0.3) is 0 Å². The fourth-order valence-corrected chi connectivity index (χ4v) is 3.35. The van der Waals surface area contributed by atoms with Gasteiger partial charge in [0.1, 0.15) is 6.10 Å². The molecule has 0 spiro atoms. The summed E-state index contributed by atoms with van der Waals surface area (Å²) in [6, 6.07) is 5.75. The van der Waals surface area contributed by atoms with Crippen LogP contribution in [0.5, 0.6) is 0 Å². The van der Waals surface area contributed by atoms with E-state index in [2.05, 4.69) is 12.2 Å². The summed E-state index contributed by atoms with van der Waals surface area (Å²) in [5, 5.41) is 3.02. The summed E-state index contributed by atoms with van der Waals surface area (Å²) in [6.07, 6.45) is 0.156. The lowest BCUT2D eigenvalue weighted by atomic mass is 10.1. The van der Waals surface area contributed by atoms with E-state index in [1.165, 1.54) is 0 Å². The summed E-state index contributed by atoms with van der Waals surface area (Å²) < 4.78 is 5.37. The minimum absolute atomic E-state index is 0.0771. The van der Waals surface area contributed by atoms with Gasteiger partial charge < -0.3 is 15.0 Å². The highest BCUT2D eigenvalue weighted by atomic mass is 32.1. The predicted molar refractivity (Wildman–Crippen MR) is 96.3 cm³/mol. The Morgan fingerprint density at radius 3 is 2.92 bits per heavy atom. The average molecular weight is 346 g/mol. The molecular formula is C17H20N3O3S. The van der Waals surface area contributed by atoms with Crippen LogP contribution in [0.2, 0.25) is 0 Å². The number of thiocarbonyl (C=S) groups is 1. The number of cyclic esters (lactones) is 1. The minimum atomic E-state index is -0.361. The second kappa shape index (κ2) is 6.39. The number of carbonyl (C=O) groups is 2. The Morgan fingerprint density at radius 1 is 1.50 bits per heavy atom. The first-order valence-electron chi connectivity index (χ1n) is 7.87. The van der Waals surface area contributed by atoms with E-state index in [-0.39, 0.29) is 24.1 Å². The van der Waals surface area contributed by atoms with Crippen LogP contribution in [0.1, 0.15) is 19.4 Å². The number of fused-ring (bicyclic) bond motifs is 1. The lowest BCUT2D eigenvalue weighted by Crippen LogP contribution is -2.33. The highest BCUT2D eigenvalue weighted by Gasteiger charge is 2.34. The fourth-order valence-electron chi connectivity index (χ4n) is 3.26. The van der Waals surface area contributed by atoms with E-state index in [1.807, 2.05) is 25.1 Å². The zero-order valence-corrected chi connectivity index (χ0v) is 14.6. The number of amides is 2. The molecule has 2 aliphatic heterocycles. The van der Waals surface area contributed by atoms with Crippen molar-refractivity contribution in [3.8, 4) is 0 Å². The van der Waals surface area contributed by atoms with Gasteiger partial charge in [-0.2, -0.15) is 0 Å². The first-order chi connectivity index (χ1) is 11.4. The zero-order chi connectivity index (χ0) is 17.4. The van der Waals surface area contributed by atoms with Crippen LogP contribution in [0.15, 0.2) is 18.2 Å². The van der Waals surface area contributed by atoms with Crippen LogP contribution in [-0.4, -0.2) is 42.2 Å². The zero-order valence-electron chi connectivity index (χ0n) is 13.7. The van der Waals surface area contributed by atoms with Crippen molar-refractivity contribution in [3.05, 3.63) is 30.7 Å². The number of benzene rings is 1. The average Bonchev–Trinajstić information content (AvgIpc) is 3.03. The van der Waals surface area contributed by atoms with Gasteiger partial charge in [-0.3, -0.25) is 9.69 Å². The van der Waals surface area contributed by atoms with E-state index in [1.54, 1.807) is 16.7 Å². The number of nitrogens with one attached hydrogen (secondary N) is 1. The third-order valence-electron chi connectivity index (χ3n) is 4.31. The quantitative estimate of drug-likeness (QED) is 0.849. The Morgan fingerprint density at radius 2 is 2.25 bits per heavy atom. The molecule has 7 heteroatoms. The van der Waals surface area contributed by atoms with Crippen molar-refractivity contribution in [2.75, 3.05) is 22.9 Å². The number of nitrogens with zero attached hydrogens (tertiary/aromatic N) is 2. The lowest BCUT2D eigenvalue weighted by Gasteiger charge is -2.21. The highest BCUT2D eigenvalue weighted by molar-refractivity contribution is 7.80. The topological polar surface area (TPSA) is 61.9 Å². The third kappa shape index (κ3) is 3.08. The van der Waals surface area contributed by atoms with Crippen molar-refractivity contribution >= 4 is 40.6 Å². The molecule has 2 amide bonds. The second-order valence-electron chi connectivity index (χ2n) is 6.18. The molecule has 1 N–H and O–H groups in total. The predicted octanol–water partition coefficient (Wildman–Crippen LogP) is 2.06. The molecular weight excluding hydrogens is 326 g/mol. The van der Waals surface area contributed by atoms with Crippen LogP contribution >= 0.6 is 12.2 Å². The van der Waals surface area contributed by atoms with Crippen molar-refractivity contribution in [2.45, 2.75) is 32.4 Å². The summed E-state index contributed by atoms with van der Waals surface area (Å²) in [5.74, 6) is -0.212. The van der Waals surface area contributed by atoms with E-state index in [0.29, 0.717) is 18.1 Å². The van der Waals surface area contributed by atoms with E-state index in [4.69, 9.17) is 17.0 Å². The van der Waals surface area contributed by atoms with Crippen LogP contribution in [0.3, 0.4) is 0 Å². The maximum Gasteiger partial charge on any atom is 0.414 e. The number of hydrogen-bond acceptors (Lipinski definition) is 4. The monoisotopic (exact) mass is 346 g/mol. The number of ether oxygens (including phenoxy) is 1. The Hall–Kier alpha value is -2.15. The molecule has 6 nitrogen and oxygen atoms in total. The molecule has 1 aromatic rings. The summed E-state index contributed by atoms with van der Waals surface area (Å²) in [4.78, 5) is 27.8. The Balaban J connectivity index is 1.77. The van der Waals surface area contributed by atoms with Crippen LogP contribution in [0.25, 0.3) is 0 Å². The minimum Gasteiger partial charge on any atom is -0.442 e. The molecule has 3 rings (SSSR count). The highest BCUT2D eigenvalue weighted by Crippen LogP contribution is 2.35. The first kappa shape index (κ1) is 16.7. The van der Waals surface area contributed by atoms with Gasteiger partial charge >= 0.3 is 6.09 Å². The van der Waals surface area contributed by atoms with E-state index < -0.39 is 0 Å². The van der Waals surface area contributed by atoms with Crippen LogP contribution in [0, 0.1) is 6.92 Å². The molecule has 1 aromatic carbocycles. The van der Waals surface area contributed by atoms with Crippen molar-refractivity contribution in [1.82, 2.24) is 5.32 Å². The van der Waals surface area contributed by atoms with Crippen LogP contribution in [0.4, 0.5) is 16.2 Å². The number of rotatable bonds is 3. The van der Waals surface area contributed by atoms with Crippen molar-refractivity contribution < 1.29 is 14.3 Å². The molecule has 0 aliphatic carbocycles. The Bertz CT molecular complexity index is 706. The summed E-state index contributed by atoms with van der Waals surface area (Å²) in [5.41, 5.74) is 2.69. The first-order valence-corrected chi connectivity index (χ1v) is 8.28. The maximum absolute atomic E-state index is 12.1. The van der Waals surface area contributed by atoms with Gasteiger partial charge in [0.2, 0.25) is 5.91 Å². The molecule has 0 aromatic heterocycles. The molecule has 127 valence electrons. The SMILES string of the molecule is [CH2]C(=O)N1c2ccc(N3C[C@@H](CNC(C)=S)OC3=O)cc2C[C@H]1C. The summed E-state index contributed by atoms with van der Waals surface area (Å²) in [7, 11) is 0. The number of anilines is 2. The lowest BCUT2D eigenvalue weighted by molar-refractivity contribution is -0.114. The maximum atomic E-state index is 12.1. The largest absolute Gasteiger partial charge is 0.442 e. The molecule has 2 atom stereocenters. The van der Waals surface area contributed by atoms with Gasteiger partial charge in [0.15, 0.2) is 0 Å². The van der Waals surface area contributed by atoms with Gasteiger partial charge in [-0.15, -0.1) is 0 Å². The molecule has 0 bridgehead atoms. The van der Waals surface area contributed by atoms with Crippen LogP contribution < -0.4 is 15.1 Å². The normalized spacial score (nSPS) is 22.4. The van der Waals surface area contributed by atoms with Gasteiger partial charge in [0.05, 0.1) is 18.1 Å². The van der Waals surface area contributed by atoms with E-state index >= 15 is 0 Å². The second-order valence-corrected chi connectivity index (χ2v) is 6.80. The standard InChI is InChI=1S/C17H20N3O3S/c1-10-6-13-7-14(4-5-16(13)20(10)12(3)21)19-9-15(23-17(19)22)8-18-11(2)24/h4-5,7,10,15H,3,6,8-9H2,1-2H3,(H,18,24)/t10-,15-/m1/s1. The fraction of sp³-hybridized carbons (Fsp3) is 0.412. The number of hydrogen-bond donors (Lipinski definition) is 1. The van der Waals surface area contributed by atoms with Crippen molar-refractivity contribution in [3.63, 3.8) is 0 Å². The van der Waals surface area contributed by atoms with Gasteiger partial charge in [-0.1, -0.05) is 12.2 Å². The van der Waals surface area contributed by atoms with Gasteiger partial charge in [0, 0.05) is 24.3 Å².